The van der Waals surface area contributed by atoms with Crippen LogP contribution in [0.25, 0.3) is 0 Å². The molecule has 3 aliphatic carbocycles. The summed E-state index contributed by atoms with van der Waals surface area (Å²) in [5.41, 5.74) is 9.45. The first-order valence-corrected chi connectivity index (χ1v) is 9.85. The molecule has 25 heavy (non-hydrogen) atoms. The maximum atomic E-state index is 12.0. The third-order valence-electron chi connectivity index (χ3n) is 6.80. The second-order valence-corrected chi connectivity index (χ2v) is 8.66. The lowest BCUT2D eigenvalue weighted by Gasteiger charge is -2.49. The Balaban J connectivity index is 1.63. The number of hydrogen-bond acceptors (Lipinski definition) is 3. The highest BCUT2D eigenvalue weighted by Gasteiger charge is 2.45. The van der Waals surface area contributed by atoms with Crippen molar-refractivity contribution in [2.75, 3.05) is 0 Å². The Hall–Kier alpha value is -1.55. The van der Waals surface area contributed by atoms with Crippen molar-refractivity contribution in [3.63, 3.8) is 0 Å². The normalized spacial score (nSPS) is 34.4. The molecule has 3 N–H and O–H groups in total. The van der Waals surface area contributed by atoms with Crippen molar-refractivity contribution in [2.24, 2.45) is 17.6 Å². The standard InChI is InChI=1S/C21H30N2O2/c1-13-5-3-4-10-21(2)18-12-16(25-20(24)23-15-7-8-15)9-6-14(18)11-17(13)19(21)22/h6,9,12-13,15,17,19H,3-5,7-8,10-11,22H2,1-2H3,(H,23,24)/t13-,17-,19+,21-/m1/s1. The Morgan fingerprint density at radius 3 is 2.84 bits per heavy atom. The fourth-order valence-electron chi connectivity index (χ4n) is 4.92. The predicted octanol–water partition coefficient (Wildman–Crippen LogP) is 3.90. The second-order valence-electron chi connectivity index (χ2n) is 8.66. The topological polar surface area (TPSA) is 64.3 Å². The van der Waals surface area contributed by atoms with Crippen LogP contribution < -0.4 is 15.8 Å². The smallest absolute Gasteiger partial charge is 0.410 e. The molecule has 4 rings (SSSR count). The molecule has 4 nitrogen and oxygen atoms in total. The van der Waals surface area contributed by atoms with Crippen LogP contribution in [0.3, 0.4) is 0 Å². The molecule has 1 aromatic carbocycles. The van der Waals surface area contributed by atoms with E-state index in [-0.39, 0.29) is 17.6 Å². The minimum Gasteiger partial charge on any atom is -0.410 e. The molecule has 0 heterocycles. The van der Waals surface area contributed by atoms with Gasteiger partial charge in [-0.05, 0) is 60.8 Å². The molecule has 2 saturated carbocycles. The van der Waals surface area contributed by atoms with E-state index in [2.05, 4.69) is 31.3 Å². The quantitative estimate of drug-likeness (QED) is 0.856. The van der Waals surface area contributed by atoms with Crippen LogP contribution in [0.4, 0.5) is 4.79 Å². The minimum atomic E-state index is -0.336. The van der Waals surface area contributed by atoms with Crippen molar-refractivity contribution in [1.29, 1.82) is 0 Å². The van der Waals surface area contributed by atoms with Gasteiger partial charge in [-0.15, -0.1) is 0 Å². The molecule has 0 unspecified atom stereocenters. The molecule has 0 radical (unpaired) electrons. The fourth-order valence-corrected chi connectivity index (χ4v) is 4.92. The van der Waals surface area contributed by atoms with Crippen molar-refractivity contribution >= 4 is 6.09 Å². The van der Waals surface area contributed by atoms with E-state index >= 15 is 0 Å². The molecule has 1 amide bonds. The van der Waals surface area contributed by atoms with E-state index in [1.165, 1.54) is 30.4 Å². The maximum Gasteiger partial charge on any atom is 0.412 e. The van der Waals surface area contributed by atoms with Gasteiger partial charge in [0.25, 0.3) is 0 Å². The lowest BCUT2D eigenvalue weighted by molar-refractivity contribution is 0.155. The minimum absolute atomic E-state index is 0.0285. The number of amides is 1. The van der Waals surface area contributed by atoms with E-state index in [1.807, 2.05) is 6.07 Å². The average molecular weight is 342 g/mol. The summed E-state index contributed by atoms with van der Waals surface area (Å²) in [5, 5.41) is 2.88. The van der Waals surface area contributed by atoms with Crippen LogP contribution in [0.15, 0.2) is 18.2 Å². The van der Waals surface area contributed by atoms with Gasteiger partial charge in [-0.2, -0.15) is 0 Å². The summed E-state index contributed by atoms with van der Waals surface area (Å²) in [6.07, 6.45) is 7.73. The monoisotopic (exact) mass is 342 g/mol. The number of hydrogen-bond donors (Lipinski definition) is 2. The summed E-state index contributed by atoms with van der Waals surface area (Å²) < 4.78 is 5.54. The Labute approximate surface area is 150 Å². The number of carbonyl (C=O) groups is 1. The summed E-state index contributed by atoms with van der Waals surface area (Å²) in [6, 6.07) is 6.65. The van der Waals surface area contributed by atoms with Gasteiger partial charge in [0, 0.05) is 17.5 Å². The highest BCUT2D eigenvalue weighted by molar-refractivity contribution is 5.71. The van der Waals surface area contributed by atoms with Gasteiger partial charge in [0.15, 0.2) is 0 Å². The maximum absolute atomic E-state index is 12.0. The SMILES string of the molecule is C[C@@H]1CCCC[C@]2(C)c3cc(OC(=O)NC4CC4)ccc3C[C@H]1[C@@H]2N. The van der Waals surface area contributed by atoms with Crippen molar-refractivity contribution in [2.45, 2.75) is 76.3 Å². The number of ether oxygens (including phenoxy) is 1. The number of carbonyl (C=O) groups excluding carboxylic acids is 1. The van der Waals surface area contributed by atoms with Gasteiger partial charge in [-0.25, -0.2) is 4.79 Å². The van der Waals surface area contributed by atoms with E-state index in [0.717, 1.165) is 25.7 Å². The first-order chi connectivity index (χ1) is 12.0. The molecule has 0 spiro atoms. The van der Waals surface area contributed by atoms with Crippen molar-refractivity contribution < 1.29 is 9.53 Å². The van der Waals surface area contributed by atoms with E-state index in [4.69, 9.17) is 10.5 Å². The Morgan fingerprint density at radius 1 is 1.28 bits per heavy atom. The molecule has 0 saturated heterocycles. The summed E-state index contributed by atoms with van der Waals surface area (Å²) in [7, 11) is 0. The van der Waals surface area contributed by atoms with Crippen LogP contribution in [0.5, 0.6) is 5.75 Å². The first kappa shape index (κ1) is 16.9. The molecule has 0 aliphatic heterocycles. The van der Waals surface area contributed by atoms with Gasteiger partial charge in [0.05, 0.1) is 0 Å². The van der Waals surface area contributed by atoms with E-state index in [9.17, 15) is 4.79 Å². The third kappa shape index (κ3) is 3.17. The van der Waals surface area contributed by atoms with Crippen molar-refractivity contribution in [3.05, 3.63) is 29.3 Å². The van der Waals surface area contributed by atoms with Crippen LogP contribution >= 0.6 is 0 Å². The molecule has 136 valence electrons. The van der Waals surface area contributed by atoms with Gasteiger partial charge in [-0.1, -0.05) is 39.2 Å². The number of rotatable bonds is 2. The predicted molar refractivity (Wildman–Crippen MR) is 98.8 cm³/mol. The lowest BCUT2D eigenvalue weighted by atomic mass is 9.58. The van der Waals surface area contributed by atoms with Crippen molar-refractivity contribution in [3.8, 4) is 5.75 Å². The van der Waals surface area contributed by atoms with E-state index < -0.39 is 0 Å². The molecular weight excluding hydrogens is 312 g/mol. The number of benzene rings is 1. The average Bonchev–Trinajstić information content (AvgIpc) is 3.38. The largest absolute Gasteiger partial charge is 0.412 e. The molecule has 2 fully saturated rings. The Morgan fingerprint density at radius 2 is 2.08 bits per heavy atom. The second kappa shape index (κ2) is 6.31. The Bertz CT molecular complexity index is 670. The molecular formula is C21H30N2O2. The summed E-state index contributed by atoms with van der Waals surface area (Å²) in [5.74, 6) is 1.85. The number of fused-ring (bicyclic) bond motifs is 4. The molecule has 4 heteroatoms. The highest BCUT2D eigenvalue weighted by Crippen LogP contribution is 2.47. The summed E-state index contributed by atoms with van der Waals surface area (Å²) >= 11 is 0. The Kier molecular flexibility index (Phi) is 4.27. The summed E-state index contributed by atoms with van der Waals surface area (Å²) in [4.78, 5) is 12.0. The zero-order valence-electron chi connectivity index (χ0n) is 15.4. The number of nitrogens with two attached hydrogens (primary N) is 1. The lowest BCUT2D eigenvalue weighted by Crippen LogP contribution is -2.54. The number of nitrogens with one attached hydrogen (secondary N) is 1. The van der Waals surface area contributed by atoms with Crippen LogP contribution in [-0.2, 0) is 11.8 Å². The van der Waals surface area contributed by atoms with Gasteiger partial charge >= 0.3 is 6.09 Å². The van der Waals surface area contributed by atoms with Gasteiger partial charge in [0.2, 0.25) is 0 Å². The zero-order chi connectivity index (χ0) is 17.6. The molecule has 1 aromatic rings. The van der Waals surface area contributed by atoms with Crippen LogP contribution in [-0.4, -0.2) is 18.2 Å². The highest BCUT2D eigenvalue weighted by atomic mass is 16.6. The van der Waals surface area contributed by atoms with E-state index in [0.29, 0.717) is 23.6 Å². The van der Waals surface area contributed by atoms with Crippen LogP contribution in [0, 0.1) is 11.8 Å². The fraction of sp³-hybridized carbons (Fsp3) is 0.667. The molecule has 4 atom stereocenters. The van der Waals surface area contributed by atoms with Gasteiger partial charge in [-0.3, -0.25) is 0 Å². The first-order valence-electron chi connectivity index (χ1n) is 9.85. The molecule has 3 aliphatic rings. The van der Waals surface area contributed by atoms with Crippen molar-refractivity contribution in [1.82, 2.24) is 5.32 Å². The summed E-state index contributed by atoms with van der Waals surface area (Å²) in [6.45, 7) is 4.68. The van der Waals surface area contributed by atoms with E-state index in [1.54, 1.807) is 0 Å². The van der Waals surface area contributed by atoms with Crippen LogP contribution in [0.1, 0.15) is 63.5 Å². The molecule has 0 aromatic heterocycles. The van der Waals surface area contributed by atoms with Gasteiger partial charge in [0.1, 0.15) is 5.75 Å². The van der Waals surface area contributed by atoms with Gasteiger partial charge < -0.3 is 15.8 Å². The zero-order valence-corrected chi connectivity index (χ0v) is 15.4. The molecule has 2 bridgehead atoms. The third-order valence-corrected chi connectivity index (χ3v) is 6.80. The van der Waals surface area contributed by atoms with Crippen LogP contribution in [0.2, 0.25) is 0 Å².